The van der Waals surface area contributed by atoms with E-state index in [0.29, 0.717) is 17.9 Å². The molecule has 2 aromatic heterocycles. The van der Waals surface area contributed by atoms with Gasteiger partial charge in [-0.05, 0) is 24.6 Å². The van der Waals surface area contributed by atoms with Crippen LogP contribution in [-0.2, 0) is 0 Å². The van der Waals surface area contributed by atoms with Gasteiger partial charge in [0, 0.05) is 19.3 Å². The molecule has 0 bridgehead atoms. The standard InChI is InChI=1S/C21H20F3N7O/c22-11-5-7-31(10-15(11)26)17-4-6-27-9-16(17)29-21(32)19-14(25)8-28-20(30-19)18-12(23)2-1-3-13(18)24/h1-4,6,8-9,11,15H,5,7,10,25-26H2,(H,29,32)/t11-,15-/m1/s1. The third kappa shape index (κ3) is 4.19. The highest BCUT2D eigenvalue weighted by Crippen LogP contribution is 2.29. The molecule has 0 unspecified atom stereocenters. The molecule has 2 atom stereocenters. The number of alkyl halides is 1. The van der Waals surface area contributed by atoms with E-state index < -0.39 is 35.3 Å². The van der Waals surface area contributed by atoms with Crippen LogP contribution in [0.4, 0.5) is 30.2 Å². The summed E-state index contributed by atoms with van der Waals surface area (Å²) in [5.74, 6) is -2.78. The van der Waals surface area contributed by atoms with E-state index in [1.165, 1.54) is 18.5 Å². The summed E-state index contributed by atoms with van der Waals surface area (Å²) in [7, 11) is 0. The maximum absolute atomic E-state index is 14.1. The molecule has 8 nitrogen and oxygen atoms in total. The summed E-state index contributed by atoms with van der Waals surface area (Å²) in [5, 5.41) is 2.66. The first kappa shape index (κ1) is 21.5. The average Bonchev–Trinajstić information content (AvgIpc) is 2.77. The van der Waals surface area contributed by atoms with Crippen molar-refractivity contribution in [2.45, 2.75) is 18.6 Å². The van der Waals surface area contributed by atoms with Crippen molar-refractivity contribution in [1.82, 2.24) is 15.0 Å². The van der Waals surface area contributed by atoms with Crippen LogP contribution in [0.3, 0.4) is 0 Å². The quantitative estimate of drug-likeness (QED) is 0.566. The lowest BCUT2D eigenvalue weighted by atomic mass is 10.0. The lowest BCUT2D eigenvalue weighted by Crippen LogP contribution is -2.50. The van der Waals surface area contributed by atoms with E-state index >= 15 is 0 Å². The van der Waals surface area contributed by atoms with Gasteiger partial charge in [-0.3, -0.25) is 9.78 Å². The molecule has 1 aliphatic heterocycles. The van der Waals surface area contributed by atoms with Gasteiger partial charge in [0.2, 0.25) is 0 Å². The van der Waals surface area contributed by atoms with Crippen LogP contribution in [0.2, 0.25) is 0 Å². The molecule has 1 fully saturated rings. The van der Waals surface area contributed by atoms with Crippen LogP contribution in [0.1, 0.15) is 16.9 Å². The highest BCUT2D eigenvalue weighted by atomic mass is 19.1. The topological polar surface area (TPSA) is 123 Å². The minimum absolute atomic E-state index is 0.0753. The molecule has 0 radical (unpaired) electrons. The molecule has 1 saturated heterocycles. The number of piperidine rings is 1. The number of hydrogen-bond acceptors (Lipinski definition) is 7. The van der Waals surface area contributed by atoms with Gasteiger partial charge in [0.15, 0.2) is 11.5 Å². The molecule has 166 valence electrons. The van der Waals surface area contributed by atoms with Crippen LogP contribution >= 0.6 is 0 Å². The lowest BCUT2D eigenvalue weighted by Gasteiger charge is -2.35. The SMILES string of the molecule is Nc1cnc(-c2c(F)cccc2F)nc1C(=O)Nc1cnccc1N1CC[C@@H](F)[C@H](N)C1. The number of amides is 1. The van der Waals surface area contributed by atoms with Crippen LogP contribution in [-0.4, -0.2) is 46.2 Å². The molecule has 3 heterocycles. The van der Waals surface area contributed by atoms with E-state index in [-0.39, 0.29) is 30.2 Å². The fourth-order valence-electron chi connectivity index (χ4n) is 3.52. The van der Waals surface area contributed by atoms with Gasteiger partial charge < -0.3 is 21.7 Å². The number of rotatable bonds is 4. The molecule has 1 amide bonds. The Morgan fingerprint density at radius 1 is 1.19 bits per heavy atom. The Balaban J connectivity index is 1.63. The zero-order chi connectivity index (χ0) is 22.8. The number of carbonyl (C=O) groups is 1. The van der Waals surface area contributed by atoms with Gasteiger partial charge in [-0.1, -0.05) is 6.07 Å². The number of nitrogens with one attached hydrogen (secondary N) is 1. The maximum Gasteiger partial charge on any atom is 0.276 e. The van der Waals surface area contributed by atoms with E-state index in [2.05, 4.69) is 20.3 Å². The van der Waals surface area contributed by atoms with Crippen LogP contribution in [0.15, 0.2) is 42.9 Å². The number of pyridine rings is 1. The first-order chi connectivity index (χ1) is 15.3. The van der Waals surface area contributed by atoms with Crippen LogP contribution in [0, 0.1) is 11.6 Å². The van der Waals surface area contributed by atoms with Gasteiger partial charge in [-0.15, -0.1) is 0 Å². The number of nitrogen functional groups attached to an aromatic ring is 1. The van der Waals surface area contributed by atoms with E-state index in [1.807, 2.05) is 4.90 Å². The molecule has 0 aliphatic carbocycles. The number of carbonyl (C=O) groups excluding carboxylic acids is 1. The van der Waals surface area contributed by atoms with Crippen molar-refractivity contribution in [2.75, 3.05) is 29.0 Å². The molecule has 11 heteroatoms. The molecular formula is C21H20F3N7O. The second-order valence-corrected chi connectivity index (χ2v) is 7.36. The summed E-state index contributed by atoms with van der Waals surface area (Å²) in [6.45, 7) is 0.675. The zero-order valence-electron chi connectivity index (χ0n) is 16.8. The van der Waals surface area contributed by atoms with Gasteiger partial charge in [0.25, 0.3) is 5.91 Å². The number of benzene rings is 1. The number of hydrogen-bond donors (Lipinski definition) is 3. The highest BCUT2D eigenvalue weighted by molar-refractivity contribution is 6.07. The van der Waals surface area contributed by atoms with Gasteiger partial charge in [0.1, 0.15) is 17.8 Å². The molecule has 3 aromatic rings. The Morgan fingerprint density at radius 3 is 2.66 bits per heavy atom. The second kappa shape index (κ2) is 8.79. The summed E-state index contributed by atoms with van der Waals surface area (Å²) in [4.78, 5) is 26.7. The monoisotopic (exact) mass is 443 g/mol. The Kier molecular flexibility index (Phi) is 5.91. The predicted molar refractivity (Wildman–Crippen MR) is 114 cm³/mol. The maximum atomic E-state index is 14.1. The minimum atomic E-state index is -1.09. The van der Waals surface area contributed by atoms with Crippen molar-refractivity contribution >= 4 is 23.0 Å². The number of nitrogens with two attached hydrogens (primary N) is 2. The third-order valence-electron chi connectivity index (χ3n) is 5.18. The van der Waals surface area contributed by atoms with E-state index in [1.54, 1.807) is 6.07 Å². The van der Waals surface area contributed by atoms with Crippen LogP contribution in [0.25, 0.3) is 11.4 Å². The fourth-order valence-corrected chi connectivity index (χ4v) is 3.52. The van der Waals surface area contributed by atoms with Crippen molar-refractivity contribution in [3.63, 3.8) is 0 Å². The first-order valence-corrected chi connectivity index (χ1v) is 9.82. The van der Waals surface area contributed by atoms with Crippen molar-refractivity contribution in [2.24, 2.45) is 5.73 Å². The summed E-state index contributed by atoms with van der Waals surface area (Å²) in [6, 6.07) is 4.34. The third-order valence-corrected chi connectivity index (χ3v) is 5.18. The normalized spacial score (nSPS) is 18.4. The van der Waals surface area contributed by atoms with E-state index in [9.17, 15) is 18.0 Å². The Hall–Kier alpha value is -3.73. The molecule has 1 aromatic carbocycles. The smallest absolute Gasteiger partial charge is 0.276 e. The fraction of sp³-hybridized carbons (Fsp3) is 0.238. The Bertz CT molecular complexity index is 1140. The summed E-state index contributed by atoms with van der Waals surface area (Å²) < 4.78 is 42.0. The number of anilines is 3. The van der Waals surface area contributed by atoms with Crippen LogP contribution in [0.5, 0.6) is 0 Å². The second-order valence-electron chi connectivity index (χ2n) is 7.36. The predicted octanol–water partition coefficient (Wildman–Crippen LogP) is 2.53. The molecule has 0 spiro atoms. The largest absolute Gasteiger partial charge is 0.396 e. The van der Waals surface area contributed by atoms with Crippen LogP contribution < -0.4 is 21.7 Å². The molecule has 32 heavy (non-hydrogen) atoms. The zero-order valence-corrected chi connectivity index (χ0v) is 16.8. The van der Waals surface area contributed by atoms with Crippen molar-refractivity contribution in [3.05, 3.63) is 60.2 Å². The van der Waals surface area contributed by atoms with Crippen molar-refractivity contribution in [3.8, 4) is 11.4 Å². The van der Waals surface area contributed by atoms with Gasteiger partial charge >= 0.3 is 0 Å². The first-order valence-electron chi connectivity index (χ1n) is 9.82. The molecule has 5 N–H and O–H groups in total. The van der Waals surface area contributed by atoms with Gasteiger partial charge in [-0.25, -0.2) is 23.1 Å². The molecule has 0 saturated carbocycles. The average molecular weight is 443 g/mol. The van der Waals surface area contributed by atoms with Gasteiger partial charge in [-0.2, -0.15) is 0 Å². The number of aromatic nitrogens is 3. The lowest BCUT2D eigenvalue weighted by molar-refractivity contribution is 0.102. The van der Waals surface area contributed by atoms with Gasteiger partial charge in [0.05, 0.1) is 41.1 Å². The summed E-state index contributed by atoms with van der Waals surface area (Å²) in [6.07, 6.45) is 3.24. The molecular weight excluding hydrogens is 423 g/mol. The summed E-state index contributed by atoms with van der Waals surface area (Å²) >= 11 is 0. The Labute approximate surface area is 181 Å². The number of nitrogens with zero attached hydrogens (tertiary/aromatic N) is 4. The highest BCUT2D eigenvalue weighted by Gasteiger charge is 2.28. The summed E-state index contributed by atoms with van der Waals surface area (Å²) in [5.41, 5.74) is 11.8. The molecule has 4 rings (SSSR count). The van der Waals surface area contributed by atoms with Crippen molar-refractivity contribution < 1.29 is 18.0 Å². The Morgan fingerprint density at radius 2 is 1.94 bits per heavy atom. The van der Waals surface area contributed by atoms with Crippen molar-refractivity contribution in [1.29, 1.82) is 0 Å². The van der Waals surface area contributed by atoms with E-state index in [4.69, 9.17) is 11.5 Å². The van der Waals surface area contributed by atoms with E-state index in [0.717, 1.165) is 18.3 Å². The minimum Gasteiger partial charge on any atom is -0.396 e. The molecule has 1 aliphatic rings. The number of halogens is 3.